The molecule has 1 aromatic carbocycles. The number of para-hydroxylation sites is 1. The number of carbonyl (C=O) groups excluding carboxylic acids is 2. The van der Waals surface area contributed by atoms with Gasteiger partial charge < -0.3 is 9.64 Å². The lowest BCUT2D eigenvalue weighted by Gasteiger charge is -2.15. The molecule has 2 heterocycles. The zero-order valence-electron chi connectivity index (χ0n) is 15.2. The molecule has 0 unspecified atom stereocenters. The average Bonchev–Trinajstić information content (AvgIpc) is 3.40. The SMILES string of the molecule is CN(CCC#N)C(=O)COC(=O)c1cn(-c2ccccc2)nc1-c1cccs1. The number of aromatic nitrogens is 2. The molecule has 0 fully saturated rings. The summed E-state index contributed by atoms with van der Waals surface area (Å²) in [5, 5.41) is 15.0. The number of nitriles is 1. The Hall–Kier alpha value is -3.44. The normalized spacial score (nSPS) is 10.3. The maximum atomic E-state index is 12.7. The Balaban J connectivity index is 1.80. The summed E-state index contributed by atoms with van der Waals surface area (Å²) < 4.78 is 6.83. The highest BCUT2D eigenvalue weighted by atomic mass is 32.1. The molecule has 0 radical (unpaired) electrons. The second kappa shape index (κ2) is 8.97. The Morgan fingerprint density at radius 3 is 2.71 bits per heavy atom. The van der Waals surface area contributed by atoms with Crippen molar-refractivity contribution in [2.75, 3.05) is 20.2 Å². The van der Waals surface area contributed by atoms with Crippen LogP contribution in [-0.4, -0.2) is 46.8 Å². The molecule has 3 aromatic rings. The standard InChI is InChI=1S/C20H18N4O3S/c1-23(11-6-10-21)18(25)14-27-20(26)16-13-24(15-7-3-2-4-8-15)22-19(16)17-9-5-12-28-17/h2-5,7-9,12-13H,6,11,14H2,1H3. The molecule has 1 amide bonds. The van der Waals surface area contributed by atoms with Crippen LogP contribution in [0.3, 0.4) is 0 Å². The Labute approximate surface area is 166 Å². The van der Waals surface area contributed by atoms with Crippen molar-refractivity contribution in [2.45, 2.75) is 6.42 Å². The first-order chi connectivity index (χ1) is 13.6. The van der Waals surface area contributed by atoms with Crippen molar-refractivity contribution < 1.29 is 14.3 Å². The molecule has 0 N–H and O–H groups in total. The van der Waals surface area contributed by atoms with Crippen molar-refractivity contribution in [3.8, 4) is 22.3 Å². The van der Waals surface area contributed by atoms with Crippen LogP contribution in [0.4, 0.5) is 0 Å². The molecule has 2 aromatic heterocycles. The Kier molecular flexibility index (Phi) is 6.19. The number of hydrogen-bond donors (Lipinski definition) is 0. The first-order valence-corrected chi connectivity index (χ1v) is 9.45. The minimum atomic E-state index is -0.618. The molecular weight excluding hydrogens is 376 g/mol. The van der Waals surface area contributed by atoms with Gasteiger partial charge in [0.1, 0.15) is 11.3 Å². The highest BCUT2D eigenvalue weighted by Gasteiger charge is 2.22. The van der Waals surface area contributed by atoms with E-state index < -0.39 is 5.97 Å². The molecule has 142 valence electrons. The van der Waals surface area contributed by atoms with Gasteiger partial charge in [0.25, 0.3) is 5.91 Å². The van der Waals surface area contributed by atoms with Gasteiger partial charge in [-0.3, -0.25) is 4.79 Å². The number of ether oxygens (including phenoxy) is 1. The first kappa shape index (κ1) is 19.3. The number of carbonyl (C=O) groups is 2. The highest BCUT2D eigenvalue weighted by molar-refractivity contribution is 7.13. The second-order valence-corrected chi connectivity index (χ2v) is 6.90. The van der Waals surface area contributed by atoms with Crippen LogP contribution in [0.25, 0.3) is 16.3 Å². The van der Waals surface area contributed by atoms with E-state index in [1.807, 2.05) is 53.9 Å². The molecule has 8 heteroatoms. The summed E-state index contributed by atoms with van der Waals surface area (Å²) in [4.78, 5) is 26.9. The van der Waals surface area contributed by atoms with E-state index in [-0.39, 0.29) is 18.9 Å². The maximum Gasteiger partial charge on any atom is 0.342 e. The zero-order valence-corrected chi connectivity index (χ0v) is 16.1. The number of likely N-dealkylation sites (N-methyl/N-ethyl adjacent to an activating group) is 1. The van der Waals surface area contributed by atoms with E-state index in [9.17, 15) is 9.59 Å². The van der Waals surface area contributed by atoms with Gasteiger partial charge in [-0.25, -0.2) is 9.48 Å². The first-order valence-electron chi connectivity index (χ1n) is 8.57. The van der Waals surface area contributed by atoms with Crippen LogP contribution in [0, 0.1) is 11.3 Å². The van der Waals surface area contributed by atoms with Crippen LogP contribution in [0.5, 0.6) is 0 Å². The van der Waals surface area contributed by atoms with E-state index in [0.717, 1.165) is 10.6 Å². The van der Waals surface area contributed by atoms with E-state index in [1.54, 1.807) is 17.9 Å². The molecular formula is C20H18N4O3S. The fraction of sp³-hybridized carbons (Fsp3) is 0.200. The number of nitrogens with zero attached hydrogens (tertiary/aromatic N) is 4. The molecule has 0 saturated carbocycles. The second-order valence-electron chi connectivity index (χ2n) is 5.95. The van der Waals surface area contributed by atoms with Gasteiger partial charge in [0, 0.05) is 19.8 Å². The third kappa shape index (κ3) is 4.45. The van der Waals surface area contributed by atoms with Crippen molar-refractivity contribution in [3.05, 3.63) is 59.6 Å². The number of amides is 1. The van der Waals surface area contributed by atoms with Gasteiger partial charge in [-0.05, 0) is 23.6 Å². The smallest absolute Gasteiger partial charge is 0.342 e. The largest absolute Gasteiger partial charge is 0.452 e. The predicted molar refractivity (Wildman–Crippen MR) is 105 cm³/mol. The van der Waals surface area contributed by atoms with E-state index in [4.69, 9.17) is 10.00 Å². The molecule has 0 aliphatic carbocycles. The van der Waals surface area contributed by atoms with Crippen molar-refractivity contribution >= 4 is 23.2 Å². The minimum Gasteiger partial charge on any atom is -0.452 e. The van der Waals surface area contributed by atoms with Crippen LogP contribution in [0.15, 0.2) is 54.0 Å². The van der Waals surface area contributed by atoms with Crippen molar-refractivity contribution in [2.24, 2.45) is 0 Å². The summed E-state index contributed by atoms with van der Waals surface area (Å²) in [5.41, 5.74) is 1.61. The predicted octanol–water partition coefficient (Wildman–Crippen LogP) is 3.13. The average molecular weight is 394 g/mol. The van der Waals surface area contributed by atoms with E-state index in [1.165, 1.54) is 16.2 Å². The molecule has 3 rings (SSSR count). The summed E-state index contributed by atoms with van der Waals surface area (Å²) in [5.74, 6) is -0.982. The van der Waals surface area contributed by atoms with Crippen LogP contribution in [0.1, 0.15) is 16.8 Å². The lowest BCUT2D eigenvalue weighted by Crippen LogP contribution is -2.31. The molecule has 7 nitrogen and oxygen atoms in total. The monoisotopic (exact) mass is 394 g/mol. The van der Waals surface area contributed by atoms with E-state index >= 15 is 0 Å². The van der Waals surface area contributed by atoms with Gasteiger partial charge in [0.2, 0.25) is 0 Å². The van der Waals surface area contributed by atoms with Crippen LogP contribution in [-0.2, 0) is 9.53 Å². The number of esters is 1. The van der Waals surface area contributed by atoms with E-state index in [2.05, 4.69) is 5.10 Å². The van der Waals surface area contributed by atoms with Crippen molar-refractivity contribution in [1.29, 1.82) is 5.26 Å². The molecule has 0 bridgehead atoms. The van der Waals surface area contributed by atoms with Crippen molar-refractivity contribution in [3.63, 3.8) is 0 Å². The number of hydrogen-bond acceptors (Lipinski definition) is 6. The van der Waals surface area contributed by atoms with Gasteiger partial charge in [-0.1, -0.05) is 24.3 Å². The van der Waals surface area contributed by atoms with Gasteiger partial charge in [-0.15, -0.1) is 11.3 Å². The maximum absolute atomic E-state index is 12.7. The lowest BCUT2D eigenvalue weighted by molar-refractivity contribution is -0.133. The summed E-state index contributed by atoms with van der Waals surface area (Å²) in [6, 6.07) is 15.2. The van der Waals surface area contributed by atoms with Gasteiger partial charge in [0.15, 0.2) is 6.61 Å². The lowest BCUT2D eigenvalue weighted by atomic mass is 10.2. The number of rotatable bonds is 7. The van der Waals surface area contributed by atoms with E-state index in [0.29, 0.717) is 17.8 Å². The number of benzene rings is 1. The van der Waals surface area contributed by atoms with Gasteiger partial charge >= 0.3 is 5.97 Å². The fourth-order valence-electron chi connectivity index (χ4n) is 2.49. The van der Waals surface area contributed by atoms with Gasteiger partial charge in [-0.2, -0.15) is 10.4 Å². The molecule has 0 aliphatic heterocycles. The summed E-state index contributed by atoms with van der Waals surface area (Å²) >= 11 is 1.47. The molecule has 0 atom stereocenters. The summed E-state index contributed by atoms with van der Waals surface area (Å²) in [6.07, 6.45) is 1.83. The van der Waals surface area contributed by atoms with Crippen LogP contribution in [0.2, 0.25) is 0 Å². The zero-order chi connectivity index (χ0) is 19.9. The number of thiophene rings is 1. The van der Waals surface area contributed by atoms with Crippen molar-refractivity contribution in [1.82, 2.24) is 14.7 Å². The Morgan fingerprint density at radius 2 is 2.04 bits per heavy atom. The Bertz CT molecular complexity index is 990. The summed E-state index contributed by atoms with van der Waals surface area (Å²) in [7, 11) is 1.57. The molecule has 0 aliphatic rings. The van der Waals surface area contributed by atoms with Crippen LogP contribution < -0.4 is 0 Å². The summed E-state index contributed by atoms with van der Waals surface area (Å²) in [6.45, 7) is -0.0968. The molecule has 0 spiro atoms. The fourth-order valence-corrected chi connectivity index (χ4v) is 3.21. The van der Waals surface area contributed by atoms with Crippen LogP contribution >= 0.6 is 11.3 Å². The van der Waals surface area contributed by atoms with Gasteiger partial charge in [0.05, 0.1) is 23.1 Å². The Morgan fingerprint density at radius 1 is 1.25 bits per heavy atom. The molecule has 28 heavy (non-hydrogen) atoms. The third-order valence-corrected chi connectivity index (χ3v) is 4.90. The topological polar surface area (TPSA) is 88.2 Å². The minimum absolute atomic E-state index is 0.225. The quantitative estimate of drug-likeness (QED) is 0.575. The third-order valence-electron chi connectivity index (χ3n) is 4.02. The highest BCUT2D eigenvalue weighted by Crippen LogP contribution is 2.28. The molecule has 0 saturated heterocycles.